The molecule has 0 bridgehead atoms. The van der Waals surface area contributed by atoms with Gasteiger partial charge in [0.2, 0.25) is 0 Å². The van der Waals surface area contributed by atoms with Crippen molar-refractivity contribution in [1.82, 2.24) is 15.3 Å². The minimum absolute atomic E-state index is 0.767. The SMILES string of the molecule is CCCOc1cccc(CNCCc2nc3ccccc3[nH]2)c1. The zero-order chi connectivity index (χ0) is 15.9. The zero-order valence-corrected chi connectivity index (χ0v) is 13.5. The van der Waals surface area contributed by atoms with E-state index in [0.29, 0.717) is 0 Å². The summed E-state index contributed by atoms with van der Waals surface area (Å²) >= 11 is 0. The standard InChI is InChI=1S/C19H23N3O/c1-2-12-23-16-7-5-6-15(13-16)14-20-11-10-19-21-17-8-3-4-9-18(17)22-19/h3-9,13,20H,2,10-12,14H2,1H3,(H,21,22). The van der Waals surface area contributed by atoms with Crippen molar-refractivity contribution < 1.29 is 4.74 Å². The lowest BCUT2D eigenvalue weighted by Gasteiger charge is -2.08. The maximum atomic E-state index is 5.66. The van der Waals surface area contributed by atoms with Crippen LogP contribution >= 0.6 is 0 Å². The summed E-state index contributed by atoms with van der Waals surface area (Å²) in [6, 6.07) is 16.4. The van der Waals surface area contributed by atoms with Crippen LogP contribution in [0.4, 0.5) is 0 Å². The third kappa shape index (κ3) is 4.33. The molecule has 0 fully saturated rings. The van der Waals surface area contributed by atoms with E-state index in [9.17, 15) is 0 Å². The Morgan fingerprint density at radius 1 is 1.13 bits per heavy atom. The van der Waals surface area contributed by atoms with E-state index in [2.05, 4.69) is 40.4 Å². The molecule has 3 rings (SSSR count). The van der Waals surface area contributed by atoms with E-state index < -0.39 is 0 Å². The summed E-state index contributed by atoms with van der Waals surface area (Å²) in [5.41, 5.74) is 3.37. The first kappa shape index (κ1) is 15.6. The summed E-state index contributed by atoms with van der Waals surface area (Å²) in [5, 5.41) is 3.46. The van der Waals surface area contributed by atoms with Gasteiger partial charge in [-0.1, -0.05) is 31.2 Å². The summed E-state index contributed by atoms with van der Waals surface area (Å²) < 4.78 is 5.66. The molecule has 1 heterocycles. The van der Waals surface area contributed by atoms with E-state index in [-0.39, 0.29) is 0 Å². The van der Waals surface area contributed by atoms with Gasteiger partial charge in [-0.3, -0.25) is 0 Å². The van der Waals surface area contributed by atoms with E-state index in [1.54, 1.807) is 0 Å². The van der Waals surface area contributed by atoms with Crippen LogP contribution < -0.4 is 10.1 Å². The lowest BCUT2D eigenvalue weighted by molar-refractivity contribution is 0.317. The predicted molar refractivity (Wildman–Crippen MR) is 93.7 cm³/mol. The first-order valence-corrected chi connectivity index (χ1v) is 8.21. The number of imidazole rings is 1. The lowest BCUT2D eigenvalue weighted by Crippen LogP contribution is -2.17. The second-order valence-electron chi connectivity index (χ2n) is 5.62. The number of H-pyrrole nitrogens is 1. The van der Waals surface area contributed by atoms with Gasteiger partial charge in [0, 0.05) is 19.5 Å². The number of fused-ring (bicyclic) bond motifs is 1. The summed E-state index contributed by atoms with van der Waals surface area (Å²) in [4.78, 5) is 7.94. The quantitative estimate of drug-likeness (QED) is 0.624. The molecule has 0 aliphatic rings. The van der Waals surface area contributed by atoms with Gasteiger partial charge < -0.3 is 15.0 Å². The molecule has 0 aliphatic heterocycles. The van der Waals surface area contributed by atoms with Gasteiger partial charge in [-0.25, -0.2) is 4.98 Å². The van der Waals surface area contributed by atoms with Gasteiger partial charge in [0.15, 0.2) is 0 Å². The molecule has 0 spiro atoms. The maximum absolute atomic E-state index is 5.66. The van der Waals surface area contributed by atoms with E-state index in [0.717, 1.165) is 55.1 Å². The van der Waals surface area contributed by atoms with Crippen molar-refractivity contribution in [3.8, 4) is 5.75 Å². The summed E-state index contributed by atoms with van der Waals surface area (Å²) in [6.07, 6.45) is 1.92. The highest BCUT2D eigenvalue weighted by molar-refractivity contribution is 5.74. The number of benzene rings is 2. The lowest BCUT2D eigenvalue weighted by atomic mass is 10.2. The molecule has 4 heteroatoms. The van der Waals surface area contributed by atoms with Gasteiger partial charge in [0.1, 0.15) is 11.6 Å². The number of ether oxygens (including phenoxy) is 1. The molecule has 120 valence electrons. The fraction of sp³-hybridized carbons (Fsp3) is 0.316. The molecule has 2 aromatic carbocycles. The van der Waals surface area contributed by atoms with E-state index in [1.165, 1.54) is 5.56 Å². The monoisotopic (exact) mass is 309 g/mol. The Morgan fingerprint density at radius 3 is 2.91 bits per heavy atom. The number of aromatic nitrogens is 2. The Labute approximate surface area is 136 Å². The van der Waals surface area contributed by atoms with Crippen molar-refractivity contribution in [2.75, 3.05) is 13.2 Å². The van der Waals surface area contributed by atoms with Gasteiger partial charge >= 0.3 is 0 Å². The minimum Gasteiger partial charge on any atom is -0.494 e. The molecule has 2 N–H and O–H groups in total. The molecule has 0 amide bonds. The Balaban J connectivity index is 1.47. The Bertz CT molecular complexity index is 718. The van der Waals surface area contributed by atoms with Crippen LogP contribution in [-0.4, -0.2) is 23.1 Å². The topological polar surface area (TPSA) is 49.9 Å². The molecule has 23 heavy (non-hydrogen) atoms. The molecule has 4 nitrogen and oxygen atoms in total. The molecule has 1 aromatic heterocycles. The van der Waals surface area contributed by atoms with Crippen molar-refractivity contribution >= 4 is 11.0 Å². The van der Waals surface area contributed by atoms with Crippen LogP contribution in [-0.2, 0) is 13.0 Å². The first-order valence-electron chi connectivity index (χ1n) is 8.21. The third-order valence-corrected chi connectivity index (χ3v) is 3.68. The average molecular weight is 309 g/mol. The zero-order valence-electron chi connectivity index (χ0n) is 13.5. The highest BCUT2D eigenvalue weighted by atomic mass is 16.5. The number of para-hydroxylation sites is 2. The first-order chi connectivity index (χ1) is 11.3. The van der Waals surface area contributed by atoms with Crippen LogP contribution in [0.25, 0.3) is 11.0 Å². The largest absolute Gasteiger partial charge is 0.494 e. The van der Waals surface area contributed by atoms with Crippen LogP contribution in [0.15, 0.2) is 48.5 Å². The van der Waals surface area contributed by atoms with Crippen LogP contribution in [0.3, 0.4) is 0 Å². The molecular formula is C19H23N3O. The minimum atomic E-state index is 0.767. The Hall–Kier alpha value is -2.33. The Morgan fingerprint density at radius 2 is 2.04 bits per heavy atom. The average Bonchev–Trinajstić information content (AvgIpc) is 3.00. The smallest absolute Gasteiger partial charge is 0.119 e. The Kier molecular flexibility index (Phi) is 5.27. The molecule has 0 radical (unpaired) electrons. The summed E-state index contributed by atoms with van der Waals surface area (Å²) in [5.74, 6) is 1.97. The third-order valence-electron chi connectivity index (χ3n) is 3.68. The maximum Gasteiger partial charge on any atom is 0.119 e. The normalized spacial score (nSPS) is 11.0. The number of nitrogens with one attached hydrogen (secondary N) is 2. The highest BCUT2D eigenvalue weighted by Gasteiger charge is 2.02. The fourth-order valence-corrected chi connectivity index (χ4v) is 2.53. The van der Waals surface area contributed by atoms with Crippen LogP contribution in [0.5, 0.6) is 5.75 Å². The van der Waals surface area contributed by atoms with Gasteiger partial charge in [-0.05, 0) is 36.2 Å². The van der Waals surface area contributed by atoms with Gasteiger partial charge in [-0.2, -0.15) is 0 Å². The van der Waals surface area contributed by atoms with E-state index >= 15 is 0 Å². The summed E-state index contributed by atoms with van der Waals surface area (Å²) in [6.45, 7) is 4.61. The second-order valence-corrected chi connectivity index (χ2v) is 5.62. The molecule has 3 aromatic rings. The number of hydrogen-bond acceptors (Lipinski definition) is 3. The summed E-state index contributed by atoms with van der Waals surface area (Å²) in [7, 11) is 0. The van der Waals surface area contributed by atoms with Crippen LogP contribution in [0, 0.1) is 0 Å². The van der Waals surface area contributed by atoms with Gasteiger partial charge in [0.25, 0.3) is 0 Å². The fourth-order valence-electron chi connectivity index (χ4n) is 2.53. The molecule has 0 saturated heterocycles. The van der Waals surface area contributed by atoms with Crippen molar-refractivity contribution in [2.24, 2.45) is 0 Å². The highest BCUT2D eigenvalue weighted by Crippen LogP contribution is 2.13. The number of hydrogen-bond donors (Lipinski definition) is 2. The van der Waals surface area contributed by atoms with Gasteiger partial charge in [0.05, 0.1) is 17.6 Å². The van der Waals surface area contributed by atoms with Crippen LogP contribution in [0.1, 0.15) is 24.7 Å². The van der Waals surface area contributed by atoms with Crippen molar-refractivity contribution in [2.45, 2.75) is 26.3 Å². The molecular weight excluding hydrogens is 286 g/mol. The van der Waals surface area contributed by atoms with E-state index in [1.807, 2.05) is 30.3 Å². The number of rotatable bonds is 8. The molecule has 0 aliphatic carbocycles. The van der Waals surface area contributed by atoms with E-state index in [4.69, 9.17) is 4.74 Å². The van der Waals surface area contributed by atoms with Crippen molar-refractivity contribution in [3.05, 3.63) is 59.9 Å². The van der Waals surface area contributed by atoms with Crippen LogP contribution in [0.2, 0.25) is 0 Å². The number of nitrogens with zero attached hydrogens (tertiary/aromatic N) is 1. The second kappa shape index (κ2) is 7.79. The molecule has 0 atom stereocenters. The number of aromatic amines is 1. The van der Waals surface area contributed by atoms with Crippen molar-refractivity contribution in [3.63, 3.8) is 0 Å². The molecule has 0 saturated carbocycles. The molecule has 0 unspecified atom stereocenters. The van der Waals surface area contributed by atoms with Gasteiger partial charge in [-0.15, -0.1) is 0 Å². The van der Waals surface area contributed by atoms with Crippen molar-refractivity contribution in [1.29, 1.82) is 0 Å². The predicted octanol–water partition coefficient (Wildman–Crippen LogP) is 3.68.